The van der Waals surface area contributed by atoms with Gasteiger partial charge in [-0.05, 0) is 12.1 Å². The molecule has 1 aromatic rings. The predicted molar refractivity (Wildman–Crippen MR) is 61.5 cm³/mol. The molecular weight excluding hydrogens is 232 g/mol. The molecule has 2 rings (SSSR count). The summed E-state index contributed by atoms with van der Waals surface area (Å²) in [6.07, 6.45) is 0. The van der Waals surface area contributed by atoms with Crippen molar-refractivity contribution in [2.24, 2.45) is 10.7 Å². The molecule has 0 saturated carbocycles. The summed E-state index contributed by atoms with van der Waals surface area (Å²) in [6, 6.07) is 8.37. The van der Waals surface area contributed by atoms with Gasteiger partial charge >= 0.3 is 0 Å². The fourth-order valence-electron chi connectivity index (χ4n) is 1.30. The molecule has 0 saturated heterocycles. The topological polar surface area (TPSA) is 72.5 Å². The highest BCUT2D eigenvalue weighted by Crippen LogP contribution is 2.28. The molecule has 0 aromatic heterocycles. The minimum absolute atomic E-state index is 0.244. The Morgan fingerprint density at radius 1 is 1.33 bits per heavy atom. The minimum atomic E-state index is -3.30. The molecule has 0 aliphatic carbocycles. The van der Waals surface area contributed by atoms with E-state index in [1.54, 1.807) is 30.3 Å². The molecule has 0 radical (unpaired) electrons. The van der Waals surface area contributed by atoms with E-state index in [1.165, 1.54) is 0 Å². The first-order valence-electron chi connectivity index (χ1n) is 4.36. The smallest absolute Gasteiger partial charge is 0.192 e. The maximum Gasteiger partial charge on any atom is 0.192 e. The van der Waals surface area contributed by atoms with Crippen LogP contribution in [0.5, 0.6) is 0 Å². The number of amidine groups is 1. The first-order chi connectivity index (χ1) is 7.10. The Balaban J connectivity index is 2.30. The first kappa shape index (κ1) is 10.5. The highest BCUT2D eigenvalue weighted by Gasteiger charge is 2.32. The third-order valence-corrected chi connectivity index (χ3v) is 5.67. The predicted octanol–water partition coefficient (Wildman–Crippen LogP) is 0.848. The van der Waals surface area contributed by atoms with Gasteiger partial charge in [0, 0.05) is 0 Å². The molecule has 1 unspecified atom stereocenters. The van der Waals surface area contributed by atoms with E-state index < -0.39 is 14.4 Å². The number of nitrogens with two attached hydrogens (primary N) is 1. The van der Waals surface area contributed by atoms with Crippen LogP contribution >= 0.6 is 11.8 Å². The van der Waals surface area contributed by atoms with Crippen LogP contribution < -0.4 is 5.73 Å². The number of rotatable bonds is 2. The summed E-state index contributed by atoms with van der Waals surface area (Å²) in [6.45, 7) is 0.244. The van der Waals surface area contributed by atoms with Crippen molar-refractivity contribution in [3.8, 4) is 0 Å². The highest BCUT2D eigenvalue weighted by molar-refractivity contribution is 8.23. The molecule has 15 heavy (non-hydrogen) atoms. The second-order valence-corrected chi connectivity index (χ2v) is 6.74. The zero-order valence-electron chi connectivity index (χ0n) is 7.83. The van der Waals surface area contributed by atoms with E-state index in [0.717, 1.165) is 11.8 Å². The molecule has 6 heteroatoms. The fourth-order valence-corrected chi connectivity index (χ4v) is 4.11. The molecule has 4 nitrogen and oxygen atoms in total. The monoisotopic (exact) mass is 242 g/mol. The Kier molecular flexibility index (Phi) is 2.70. The molecule has 0 fully saturated rings. The van der Waals surface area contributed by atoms with Gasteiger partial charge in [0.1, 0.15) is 4.58 Å². The molecule has 1 atom stereocenters. The summed E-state index contributed by atoms with van der Waals surface area (Å²) in [5.74, 6) is 0. The normalized spacial score (nSPS) is 21.3. The molecule has 0 amide bonds. The molecule has 1 heterocycles. The van der Waals surface area contributed by atoms with Gasteiger partial charge in [0.15, 0.2) is 15.0 Å². The number of sulfone groups is 1. The van der Waals surface area contributed by atoms with E-state index in [0.29, 0.717) is 10.1 Å². The summed E-state index contributed by atoms with van der Waals surface area (Å²) in [5, 5.41) is 0.347. The summed E-state index contributed by atoms with van der Waals surface area (Å²) in [5.41, 5.74) is 5.45. The van der Waals surface area contributed by atoms with Crippen molar-refractivity contribution < 1.29 is 8.42 Å². The molecule has 0 bridgehead atoms. The second-order valence-electron chi connectivity index (χ2n) is 3.08. The average molecular weight is 242 g/mol. The van der Waals surface area contributed by atoms with Gasteiger partial charge in [-0.2, -0.15) is 0 Å². The number of thioether (sulfide) groups is 1. The summed E-state index contributed by atoms with van der Waals surface area (Å²) < 4.78 is 23.5. The van der Waals surface area contributed by atoms with E-state index in [4.69, 9.17) is 5.73 Å². The molecule has 1 aliphatic heterocycles. The summed E-state index contributed by atoms with van der Waals surface area (Å²) >= 11 is 1.11. The van der Waals surface area contributed by atoms with Gasteiger partial charge < -0.3 is 5.73 Å². The van der Waals surface area contributed by atoms with Gasteiger partial charge in [0.25, 0.3) is 0 Å². The quantitative estimate of drug-likeness (QED) is 0.834. The zero-order valence-corrected chi connectivity index (χ0v) is 9.46. The highest BCUT2D eigenvalue weighted by atomic mass is 32.3. The molecule has 2 N–H and O–H groups in total. The number of hydrogen-bond acceptors (Lipinski definition) is 5. The summed E-state index contributed by atoms with van der Waals surface area (Å²) in [7, 11) is -3.30. The number of nitrogens with zero attached hydrogens (tertiary/aromatic N) is 1. The van der Waals surface area contributed by atoms with Gasteiger partial charge in [0.2, 0.25) is 0 Å². The number of aliphatic imine (C=N–C) groups is 1. The Morgan fingerprint density at radius 3 is 2.53 bits per heavy atom. The van der Waals surface area contributed by atoms with E-state index in [1.807, 2.05) is 0 Å². The van der Waals surface area contributed by atoms with Crippen LogP contribution in [0.1, 0.15) is 0 Å². The van der Waals surface area contributed by atoms with Crippen LogP contribution in [0.15, 0.2) is 40.2 Å². The second kappa shape index (κ2) is 3.86. The van der Waals surface area contributed by atoms with Crippen LogP contribution in [-0.4, -0.2) is 24.7 Å². The molecule has 80 valence electrons. The van der Waals surface area contributed by atoms with Crippen LogP contribution in [0.4, 0.5) is 0 Å². The Morgan fingerprint density at radius 2 is 2.00 bits per heavy atom. The van der Waals surface area contributed by atoms with E-state index in [2.05, 4.69) is 4.99 Å². The SMILES string of the molecule is NC1=NCC(S(=O)(=O)c2ccccc2)S1. The maximum atomic E-state index is 12.0. The lowest BCUT2D eigenvalue weighted by atomic mass is 10.4. The largest absolute Gasteiger partial charge is 0.379 e. The van der Waals surface area contributed by atoms with Crippen LogP contribution in [0.2, 0.25) is 0 Å². The minimum Gasteiger partial charge on any atom is -0.379 e. The van der Waals surface area contributed by atoms with Crippen LogP contribution in [-0.2, 0) is 9.84 Å². The third-order valence-electron chi connectivity index (χ3n) is 2.07. The number of benzene rings is 1. The lowest BCUT2D eigenvalue weighted by Crippen LogP contribution is -2.19. The first-order valence-corrected chi connectivity index (χ1v) is 6.79. The Labute approximate surface area is 92.5 Å². The van der Waals surface area contributed by atoms with Crippen molar-refractivity contribution in [2.45, 2.75) is 9.48 Å². The van der Waals surface area contributed by atoms with Crippen molar-refractivity contribution in [3.05, 3.63) is 30.3 Å². The molecular formula is C9H10N2O2S2. The standard InChI is InChI=1S/C9H10N2O2S2/c10-9-11-6-8(14-9)15(12,13)7-4-2-1-3-5-7/h1-5,8H,6H2,(H2,10,11). The van der Waals surface area contributed by atoms with Crippen molar-refractivity contribution in [2.75, 3.05) is 6.54 Å². The van der Waals surface area contributed by atoms with Crippen molar-refractivity contribution >= 4 is 26.8 Å². The van der Waals surface area contributed by atoms with Gasteiger partial charge in [-0.15, -0.1) is 0 Å². The lowest BCUT2D eigenvalue weighted by molar-refractivity contribution is 0.593. The Bertz CT molecular complexity index is 482. The van der Waals surface area contributed by atoms with E-state index in [9.17, 15) is 8.42 Å². The van der Waals surface area contributed by atoms with E-state index in [-0.39, 0.29) is 6.54 Å². The fraction of sp³-hybridized carbons (Fsp3) is 0.222. The van der Waals surface area contributed by atoms with Crippen molar-refractivity contribution in [1.82, 2.24) is 0 Å². The van der Waals surface area contributed by atoms with Gasteiger partial charge in [-0.3, -0.25) is 4.99 Å². The third kappa shape index (κ3) is 2.00. The zero-order chi connectivity index (χ0) is 10.9. The maximum absolute atomic E-state index is 12.0. The Hall–Kier alpha value is -1.01. The van der Waals surface area contributed by atoms with Gasteiger partial charge in [0.05, 0.1) is 11.4 Å². The lowest BCUT2D eigenvalue weighted by Gasteiger charge is -2.09. The molecule has 1 aromatic carbocycles. The van der Waals surface area contributed by atoms with Crippen molar-refractivity contribution in [1.29, 1.82) is 0 Å². The van der Waals surface area contributed by atoms with Crippen molar-refractivity contribution in [3.63, 3.8) is 0 Å². The number of hydrogen-bond donors (Lipinski definition) is 1. The van der Waals surface area contributed by atoms with Gasteiger partial charge in [-0.1, -0.05) is 30.0 Å². The van der Waals surface area contributed by atoms with Gasteiger partial charge in [-0.25, -0.2) is 8.42 Å². The van der Waals surface area contributed by atoms with E-state index >= 15 is 0 Å². The van der Waals surface area contributed by atoms with Crippen LogP contribution in [0.25, 0.3) is 0 Å². The molecule has 1 aliphatic rings. The molecule has 0 spiro atoms. The average Bonchev–Trinajstić information content (AvgIpc) is 2.67. The van der Waals surface area contributed by atoms with Crippen LogP contribution in [0, 0.1) is 0 Å². The summed E-state index contributed by atoms with van der Waals surface area (Å²) in [4.78, 5) is 4.21. The van der Waals surface area contributed by atoms with Crippen LogP contribution in [0.3, 0.4) is 0 Å².